The number of nitrogens with two attached hydrogens (primary N) is 1. The fourth-order valence-electron chi connectivity index (χ4n) is 2.10. The number of nitrogen functional groups attached to an aromatic ring is 1. The summed E-state index contributed by atoms with van der Waals surface area (Å²) < 4.78 is 13.9. The maximum atomic E-state index is 13.9. The Labute approximate surface area is 121 Å². The molecule has 0 unspecified atom stereocenters. The molecule has 0 atom stereocenters. The zero-order chi connectivity index (χ0) is 15.4. The van der Waals surface area contributed by atoms with E-state index < -0.39 is 10.7 Å². The molecule has 0 saturated heterocycles. The van der Waals surface area contributed by atoms with Gasteiger partial charge in [0.1, 0.15) is 5.82 Å². The summed E-state index contributed by atoms with van der Waals surface area (Å²) in [4.78, 5) is 12.1. The van der Waals surface area contributed by atoms with Gasteiger partial charge in [-0.3, -0.25) is 16.0 Å². The molecule has 0 amide bonds. The third-order valence-electron chi connectivity index (χ3n) is 3.05. The van der Waals surface area contributed by atoms with Crippen molar-refractivity contribution in [1.29, 1.82) is 0 Å². The fraction of sp³-hybridized carbons (Fsp3) is 0.143. The molecule has 0 aliphatic rings. The van der Waals surface area contributed by atoms with E-state index in [0.717, 1.165) is 0 Å². The average Bonchev–Trinajstić information content (AvgIpc) is 2.49. The molecule has 7 heteroatoms. The molecule has 0 saturated carbocycles. The first kappa shape index (κ1) is 14.7. The molecule has 0 heterocycles. The van der Waals surface area contributed by atoms with Crippen LogP contribution in [0.4, 0.5) is 27.1 Å². The van der Waals surface area contributed by atoms with Crippen molar-refractivity contribution in [2.75, 3.05) is 16.9 Å². The third-order valence-corrected chi connectivity index (χ3v) is 3.05. The number of hydrazine groups is 1. The van der Waals surface area contributed by atoms with E-state index >= 15 is 0 Å². The van der Waals surface area contributed by atoms with E-state index in [1.807, 2.05) is 6.92 Å². The lowest BCUT2D eigenvalue weighted by molar-refractivity contribution is -0.384. The SMILES string of the molecule is CCN(c1cc(NN)cc([N+](=O)[O-])c1)c1ccccc1F. The van der Waals surface area contributed by atoms with Crippen LogP contribution in [0.15, 0.2) is 42.5 Å². The van der Waals surface area contributed by atoms with Crippen molar-refractivity contribution >= 4 is 22.7 Å². The molecule has 2 aromatic rings. The second-order valence-electron chi connectivity index (χ2n) is 4.34. The van der Waals surface area contributed by atoms with E-state index in [4.69, 9.17) is 5.84 Å². The standard InChI is InChI=1S/C14H15FN4O2/c1-2-18(14-6-4-3-5-13(14)15)11-7-10(17-16)8-12(9-11)19(20)21/h3-9,17H,2,16H2,1H3. The lowest BCUT2D eigenvalue weighted by atomic mass is 10.2. The van der Waals surface area contributed by atoms with Gasteiger partial charge in [-0.15, -0.1) is 0 Å². The molecule has 0 bridgehead atoms. The molecule has 2 rings (SSSR count). The first-order valence-corrected chi connectivity index (χ1v) is 6.35. The van der Waals surface area contributed by atoms with Gasteiger partial charge in [0.25, 0.3) is 5.69 Å². The van der Waals surface area contributed by atoms with Crippen LogP contribution >= 0.6 is 0 Å². The van der Waals surface area contributed by atoms with Crippen LogP contribution in [-0.4, -0.2) is 11.5 Å². The number of para-hydroxylation sites is 1. The van der Waals surface area contributed by atoms with Crippen LogP contribution < -0.4 is 16.2 Å². The molecule has 2 aromatic carbocycles. The largest absolute Gasteiger partial charge is 0.339 e. The zero-order valence-corrected chi connectivity index (χ0v) is 11.4. The van der Waals surface area contributed by atoms with Gasteiger partial charge in [0.2, 0.25) is 0 Å². The minimum absolute atomic E-state index is 0.116. The molecular formula is C14H15FN4O2. The van der Waals surface area contributed by atoms with Crippen molar-refractivity contribution in [3.05, 3.63) is 58.4 Å². The van der Waals surface area contributed by atoms with E-state index in [1.54, 1.807) is 29.2 Å². The van der Waals surface area contributed by atoms with Gasteiger partial charge in [-0.25, -0.2) is 4.39 Å². The summed E-state index contributed by atoms with van der Waals surface area (Å²) in [5.41, 5.74) is 3.49. The van der Waals surface area contributed by atoms with E-state index in [2.05, 4.69) is 5.43 Å². The first-order valence-electron chi connectivity index (χ1n) is 6.35. The van der Waals surface area contributed by atoms with Gasteiger partial charge in [0.15, 0.2) is 0 Å². The Bertz CT molecular complexity index is 663. The maximum absolute atomic E-state index is 13.9. The number of halogens is 1. The second kappa shape index (κ2) is 6.19. The molecule has 0 aliphatic carbocycles. The summed E-state index contributed by atoms with van der Waals surface area (Å²) in [5.74, 6) is 4.94. The Morgan fingerprint density at radius 1 is 1.33 bits per heavy atom. The highest BCUT2D eigenvalue weighted by atomic mass is 19.1. The normalized spacial score (nSPS) is 10.2. The van der Waals surface area contributed by atoms with E-state index in [1.165, 1.54) is 18.2 Å². The second-order valence-corrected chi connectivity index (χ2v) is 4.34. The van der Waals surface area contributed by atoms with Gasteiger partial charge in [-0.1, -0.05) is 12.1 Å². The van der Waals surface area contributed by atoms with Crippen LogP contribution in [0.2, 0.25) is 0 Å². The highest BCUT2D eigenvalue weighted by Crippen LogP contribution is 2.32. The molecule has 110 valence electrons. The Balaban J connectivity index is 2.54. The van der Waals surface area contributed by atoms with Crippen molar-refractivity contribution in [1.82, 2.24) is 0 Å². The number of non-ortho nitro benzene ring substituents is 1. The van der Waals surface area contributed by atoms with E-state index in [0.29, 0.717) is 23.6 Å². The summed E-state index contributed by atoms with van der Waals surface area (Å²) in [5, 5.41) is 11.0. The van der Waals surface area contributed by atoms with Crippen molar-refractivity contribution in [2.24, 2.45) is 5.84 Å². The van der Waals surface area contributed by atoms with Crippen molar-refractivity contribution < 1.29 is 9.31 Å². The number of nitrogens with zero attached hydrogens (tertiary/aromatic N) is 2. The van der Waals surface area contributed by atoms with Crippen molar-refractivity contribution in [3.8, 4) is 0 Å². The van der Waals surface area contributed by atoms with Gasteiger partial charge >= 0.3 is 0 Å². The Kier molecular flexibility index (Phi) is 4.34. The lowest BCUT2D eigenvalue weighted by Crippen LogP contribution is -2.18. The molecule has 0 aromatic heterocycles. The summed E-state index contributed by atoms with van der Waals surface area (Å²) >= 11 is 0. The quantitative estimate of drug-likeness (QED) is 0.502. The maximum Gasteiger partial charge on any atom is 0.273 e. The van der Waals surface area contributed by atoms with Crippen LogP contribution in [0, 0.1) is 15.9 Å². The number of benzene rings is 2. The Morgan fingerprint density at radius 2 is 2.05 bits per heavy atom. The highest BCUT2D eigenvalue weighted by Gasteiger charge is 2.16. The van der Waals surface area contributed by atoms with Crippen LogP contribution in [0.25, 0.3) is 0 Å². The molecule has 6 nitrogen and oxygen atoms in total. The lowest BCUT2D eigenvalue weighted by Gasteiger charge is -2.24. The minimum atomic E-state index is -0.514. The van der Waals surface area contributed by atoms with Crippen molar-refractivity contribution in [3.63, 3.8) is 0 Å². The van der Waals surface area contributed by atoms with Gasteiger partial charge < -0.3 is 10.3 Å². The van der Waals surface area contributed by atoms with Crippen LogP contribution in [0.5, 0.6) is 0 Å². The van der Waals surface area contributed by atoms with Crippen LogP contribution in [-0.2, 0) is 0 Å². The number of rotatable bonds is 5. The Morgan fingerprint density at radius 3 is 2.62 bits per heavy atom. The van der Waals surface area contributed by atoms with Gasteiger partial charge in [-0.05, 0) is 25.1 Å². The molecule has 21 heavy (non-hydrogen) atoms. The summed E-state index contributed by atoms with van der Waals surface area (Å²) in [6.07, 6.45) is 0. The molecule has 3 N–H and O–H groups in total. The monoisotopic (exact) mass is 290 g/mol. The number of hydrogen-bond acceptors (Lipinski definition) is 5. The Hall–Kier alpha value is -2.67. The van der Waals surface area contributed by atoms with Crippen LogP contribution in [0.3, 0.4) is 0 Å². The minimum Gasteiger partial charge on any atom is -0.339 e. The molecule has 0 spiro atoms. The summed E-state index contributed by atoms with van der Waals surface area (Å²) in [6.45, 7) is 2.28. The summed E-state index contributed by atoms with van der Waals surface area (Å²) in [7, 11) is 0. The van der Waals surface area contributed by atoms with Gasteiger partial charge in [0, 0.05) is 18.7 Å². The average molecular weight is 290 g/mol. The summed E-state index contributed by atoms with van der Waals surface area (Å²) in [6, 6.07) is 10.6. The number of nitro groups is 1. The fourth-order valence-corrected chi connectivity index (χ4v) is 2.10. The smallest absolute Gasteiger partial charge is 0.273 e. The number of hydrogen-bond donors (Lipinski definition) is 2. The number of nitro benzene ring substituents is 1. The van der Waals surface area contributed by atoms with E-state index in [9.17, 15) is 14.5 Å². The topological polar surface area (TPSA) is 84.4 Å². The number of nitrogens with one attached hydrogen (secondary N) is 1. The first-order chi connectivity index (χ1) is 10.1. The van der Waals surface area contributed by atoms with Gasteiger partial charge in [0.05, 0.1) is 22.0 Å². The highest BCUT2D eigenvalue weighted by molar-refractivity contribution is 5.71. The predicted molar refractivity (Wildman–Crippen MR) is 80.0 cm³/mol. The number of anilines is 3. The zero-order valence-electron chi connectivity index (χ0n) is 11.4. The van der Waals surface area contributed by atoms with E-state index in [-0.39, 0.29) is 5.69 Å². The van der Waals surface area contributed by atoms with Crippen LogP contribution in [0.1, 0.15) is 6.92 Å². The third kappa shape index (κ3) is 3.09. The van der Waals surface area contributed by atoms with Crippen molar-refractivity contribution in [2.45, 2.75) is 6.92 Å². The molecular weight excluding hydrogens is 275 g/mol. The molecule has 0 fully saturated rings. The predicted octanol–water partition coefficient (Wildman–Crippen LogP) is 3.18. The molecule has 0 aliphatic heterocycles. The van der Waals surface area contributed by atoms with Gasteiger partial charge in [-0.2, -0.15) is 0 Å². The molecule has 0 radical (unpaired) electrons.